The van der Waals surface area contributed by atoms with E-state index >= 15 is 0 Å². The summed E-state index contributed by atoms with van der Waals surface area (Å²) in [4.78, 5) is 14.7. The first-order valence-corrected chi connectivity index (χ1v) is 7.80. The summed E-state index contributed by atoms with van der Waals surface area (Å²) in [6.07, 6.45) is 10.0. The number of nitrogens with zero attached hydrogens (tertiary/aromatic N) is 3. The van der Waals surface area contributed by atoms with Gasteiger partial charge in [0.1, 0.15) is 0 Å². The van der Waals surface area contributed by atoms with Gasteiger partial charge in [0.05, 0.1) is 22.8 Å². The first kappa shape index (κ1) is 13.1. The summed E-state index contributed by atoms with van der Waals surface area (Å²) in [5.74, 6) is 0. The molecular formula is C16H15N3S. The van der Waals surface area contributed by atoms with Crippen molar-refractivity contribution >= 4 is 23.7 Å². The lowest BCUT2D eigenvalue weighted by atomic mass is 10.1. The summed E-state index contributed by atoms with van der Waals surface area (Å²) >= 11 is 1.71. The van der Waals surface area contributed by atoms with Gasteiger partial charge in [0.15, 0.2) is 0 Å². The molecule has 0 unspecified atom stereocenters. The van der Waals surface area contributed by atoms with Gasteiger partial charge in [-0.1, -0.05) is 12.1 Å². The van der Waals surface area contributed by atoms with E-state index in [4.69, 9.17) is 4.98 Å². The Morgan fingerprint density at radius 3 is 2.65 bits per heavy atom. The number of hydrogen-bond donors (Lipinski definition) is 0. The average molecular weight is 281 g/mol. The van der Waals surface area contributed by atoms with Gasteiger partial charge < -0.3 is 0 Å². The van der Waals surface area contributed by atoms with Crippen LogP contribution in [-0.4, -0.2) is 22.4 Å². The van der Waals surface area contributed by atoms with Crippen molar-refractivity contribution in [2.45, 2.75) is 17.7 Å². The smallest absolute Gasteiger partial charge is 0.0905 e. The van der Waals surface area contributed by atoms with E-state index in [0.29, 0.717) is 0 Å². The van der Waals surface area contributed by atoms with Crippen LogP contribution in [0.3, 0.4) is 0 Å². The van der Waals surface area contributed by atoms with E-state index in [-0.39, 0.29) is 0 Å². The Bertz CT molecular complexity index is 663. The summed E-state index contributed by atoms with van der Waals surface area (Å²) in [6, 6.07) is 10.0. The van der Waals surface area contributed by atoms with E-state index in [1.165, 1.54) is 4.90 Å². The minimum Gasteiger partial charge on any atom is -0.259 e. The van der Waals surface area contributed by atoms with Gasteiger partial charge in [0, 0.05) is 17.3 Å². The van der Waals surface area contributed by atoms with E-state index in [1.807, 2.05) is 24.4 Å². The van der Waals surface area contributed by atoms with Gasteiger partial charge in [-0.2, -0.15) is 0 Å². The van der Waals surface area contributed by atoms with Crippen molar-refractivity contribution in [3.63, 3.8) is 0 Å². The van der Waals surface area contributed by atoms with Crippen LogP contribution in [0.5, 0.6) is 0 Å². The minimum atomic E-state index is 0.894. The molecule has 0 bridgehead atoms. The maximum Gasteiger partial charge on any atom is 0.0905 e. The highest BCUT2D eigenvalue weighted by Gasteiger charge is 2.10. The third-order valence-corrected chi connectivity index (χ3v) is 3.80. The van der Waals surface area contributed by atoms with Gasteiger partial charge in [-0.05, 0) is 43.4 Å². The van der Waals surface area contributed by atoms with E-state index in [9.17, 15) is 0 Å². The largest absolute Gasteiger partial charge is 0.259 e. The van der Waals surface area contributed by atoms with Crippen LogP contribution >= 0.6 is 11.8 Å². The Morgan fingerprint density at radius 1 is 1.05 bits per heavy atom. The van der Waals surface area contributed by atoms with Gasteiger partial charge in [-0.15, -0.1) is 11.8 Å². The zero-order chi connectivity index (χ0) is 13.8. The van der Waals surface area contributed by atoms with E-state index in [1.54, 1.807) is 18.0 Å². The van der Waals surface area contributed by atoms with Crippen molar-refractivity contribution in [3.8, 4) is 11.4 Å². The molecule has 3 nitrogen and oxygen atoms in total. The summed E-state index contributed by atoms with van der Waals surface area (Å²) in [5.41, 5.74) is 3.68. The fourth-order valence-corrected chi connectivity index (χ4v) is 2.54. The molecule has 0 aliphatic carbocycles. The highest BCUT2D eigenvalue weighted by molar-refractivity contribution is 7.98. The molecule has 4 heteroatoms. The topological polar surface area (TPSA) is 38.1 Å². The summed E-state index contributed by atoms with van der Waals surface area (Å²) in [6.45, 7) is 0. The Balaban J connectivity index is 2.08. The normalized spacial score (nSPS) is 14.2. The maximum absolute atomic E-state index is 4.72. The molecule has 1 aliphatic heterocycles. The Morgan fingerprint density at radius 2 is 1.95 bits per heavy atom. The lowest BCUT2D eigenvalue weighted by Gasteiger charge is -2.09. The molecule has 0 saturated carbocycles. The van der Waals surface area contributed by atoms with E-state index < -0.39 is 0 Å². The van der Waals surface area contributed by atoms with Gasteiger partial charge in [0.25, 0.3) is 0 Å². The Hall–Kier alpha value is -1.94. The molecule has 0 amide bonds. The zero-order valence-corrected chi connectivity index (χ0v) is 12.1. The number of allylic oxidation sites excluding steroid dienone is 1. The zero-order valence-electron chi connectivity index (χ0n) is 11.3. The number of aliphatic imine (C=N–C) groups is 1. The van der Waals surface area contributed by atoms with Crippen molar-refractivity contribution in [2.24, 2.45) is 4.99 Å². The first-order chi connectivity index (χ1) is 9.86. The first-order valence-electron chi connectivity index (χ1n) is 6.57. The second-order valence-electron chi connectivity index (χ2n) is 4.47. The Labute approximate surface area is 122 Å². The summed E-state index contributed by atoms with van der Waals surface area (Å²) in [5, 5.41) is 0. The molecule has 0 saturated heterocycles. The number of thioether (sulfide) groups is 1. The fraction of sp³-hybridized carbons (Fsp3) is 0.188. The maximum atomic E-state index is 4.72. The molecule has 2 aromatic heterocycles. The Kier molecular flexibility index (Phi) is 3.92. The molecular weight excluding hydrogens is 266 g/mol. The van der Waals surface area contributed by atoms with E-state index in [0.717, 1.165) is 35.6 Å². The third-order valence-electron chi connectivity index (χ3n) is 3.09. The molecule has 1 aliphatic rings. The number of rotatable bonds is 3. The van der Waals surface area contributed by atoms with Crippen molar-refractivity contribution in [1.82, 2.24) is 9.97 Å². The molecule has 0 aromatic carbocycles. The molecule has 0 spiro atoms. The second-order valence-corrected chi connectivity index (χ2v) is 5.35. The highest BCUT2D eigenvalue weighted by Crippen LogP contribution is 2.27. The second kappa shape index (κ2) is 6.01. The van der Waals surface area contributed by atoms with Gasteiger partial charge in [0.2, 0.25) is 0 Å². The van der Waals surface area contributed by atoms with E-state index in [2.05, 4.69) is 34.4 Å². The van der Waals surface area contributed by atoms with Crippen LogP contribution in [0, 0.1) is 0 Å². The lowest BCUT2D eigenvalue weighted by Crippen LogP contribution is -1.96. The standard InChI is InChI=1S/C16H15N3S/c1-20-12-10-15(13-6-2-4-8-17-13)19-16(11-12)14-7-3-5-9-18-14/h2,4,6-11H,3,5H2,1H3. The van der Waals surface area contributed by atoms with Gasteiger partial charge in [-0.3, -0.25) is 9.98 Å². The molecule has 3 rings (SSSR count). The number of aromatic nitrogens is 2. The monoisotopic (exact) mass is 281 g/mol. The van der Waals surface area contributed by atoms with Crippen LogP contribution in [0.15, 0.2) is 52.5 Å². The molecule has 0 radical (unpaired) electrons. The molecule has 3 heterocycles. The van der Waals surface area contributed by atoms with Gasteiger partial charge >= 0.3 is 0 Å². The van der Waals surface area contributed by atoms with Crippen molar-refractivity contribution in [3.05, 3.63) is 48.3 Å². The van der Waals surface area contributed by atoms with Crippen molar-refractivity contribution in [1.29, 1.82) is 0 Å². The van der Waals surface area contributed by atoms with Crippen LogP contribution in [0.1, 0.15) is 18.5 Å². The SMILES string of the molecule is CSc1cc(C2=CCCC=N2)nc(-c2ccccn2)c1. The van der Waals surface area contributed by atoms with Crippen molar-refractivity contribution < 1.29 is 0 Å². The lowest BCUT2D eigenvalue weighted by molar-refractivity contribution is 1.08. The third kappa shape index (κ3) is 2.80. The molecule has 0 N–H and O–H groups in total. The van der Waals surface area contributed by atoms with Gasteiger partial charge in [-0.25, -0.2) is 4.98 Å². The summed E-state index contributed by atoms with van der Waals surface area (Å²) in [7, 11) is 0. The number of hydrogen-bond acceptors (Lipinski definition) is 4. The quantitative estimate of drug-likeness (QED) is 0.796. The molecule has 0 atom stereocenters. The van der Waals surface area contributed by atoms with Crippen LogP contribution < -0.4 is 0 Å². The van der Waals surface area contributed by atoms with Crippen LogP contribution in [0.25, 0.3) is 17.1 Å². The molecule has 0 fully saturated rings. The van der Waals surface area contributed by atoms with Crippen molar-refractivity contribution in [2.75, 3.05) is 6.26 Å². The molecule has 100 valence electrons. The number of pyridine rings is 2. The molecule has 20 heavy (non-hydrogen) atoms. The van der Waals surface area contributed by atoms with Crippen LogP contribution in [0.4, 0.5) is 0 Å². The predicted molar refractivity (Wildman–Crippen MR) is 85.0 cm³/mol. The highest BCUT2D eigenvalue weighted by atomic mass is 32.2. The average Bonchev–Trinajstić information content (AvgIpc) is 2.56. The summed E-state index contributed by atoms with van der Waals surface area (Å²) < 4.78 is 0. The fourth-order valence-electron chi connectivity index (χ4n) is 2.08. The van der Waals surface area contributed by atoms with Crippen LogP contribution in [0.2, 0.25) is 0 Å². The minimum absolute atomic E-state index is 0.894. The predicted octanol–water partition coefficient (Wildman–Crippen LogP) is 4.07. The van der Waals surface area contributed by atoms with Crippen LogP contribution in [-0.2, 0) is 0 Å². The molecule has 2 aromatic rings.